The molecule has 3 fully saturated rings. The molecule has 1 aromatic carbocycles. The highest BCUT2D eigenvalue weighted by Crippen LogP contribution is 2.37. The third-order valence-electron chi connectivity index (χ3n) is 6.14. The first-order chi connectivity index (χ1) is 12.2. The molecule has 7 heteroatoms. The number of halogens is 2. The maximum absolute atomic E-state index is 12.9. The van der Waals surface area contributed by atoms with Gasteiger partial charge in [0, 0.05) is 39.3 Å². The van der Waals surface area contributed by atoms with Crippen molar-refractivity contribution in [2.75, 3.05) is 45.9 Å². The van der Waals surface area contributed by atoms with E-state index in [1.807, 2.05) is 11.0 Å². The topological polar surface area (TPSA) is 44.8 Å². The zero-order chi connectivity index (χ0) is 17.1. The molecule has 1 amide bonds. The number of rotatable bonds is 3. The third kappa shape index (κ3) is 5.36. The quantitative estimate of drug-likeness (QED) is 0.822. The Bertz CT molecular complexity index is 586. The number of morpholine rings is 1. The second-order valence-corrected chi connectivity index (χ2v) is 7.83. The van der Waals surface area contributed by atoms with Crippen LogP contribution in [0.2, 0.25) is 0 Å². The molecule has 0 radical (unpaired) electrons. The Kier molecular flexibility index (Phi) is 8.38. The van der Waals surface area contributed by atoms with Crippen LogP contribution in [-0.2, 0) is 16.1 Å². The minimum atomic E-state index is -0.298. The van der Waals surface area contributed by atoms with Crippen molar-refractivity contribution in [2.24, 2.45) is 5.41 Å². The van der Waals surface area contributed by atoms with Crippen molar-refractivity contribution < 1.29 is 9.53 Å². The maximum atomic E-state index is 12.9. The molecule has 0 aromatic heterocycles. The van der Waals surface area contributed by atoms with E-state index in [1.165, 1.54) is 12.0 Å². The summed E-state index contributed by atoms with van der Waals surface area (Å²) >= 11 is 0. The number of piperidine rings is 1. The van der Waals surface area contributed by atoms with Gasteiger partial charge < -0.3 is 15.0 Å². The zero-order valence-corrected chi connectivity index (χ0v) is 17.4. The van der Waals surface area contributed by atoms with E-state index in [-0.39, 0.29) is 36.8 Å². The summed E-state index contributed by atoms with van der Waals surface area (Å²) in [6.45, 7) is 7.17. The van der Waals surface area contributed by atoms with E-state index in [1.54, 1.807) is 0 Å². The molecule has 3 aliphatic rings. The van der Waals surface area contributed by atoms with Gasteiger partial charge in [-0.05, 0) is 36.8 Å². The van der Waals surface area contributed by atoms with Crippen molar-refractivity contribution in [1.29, 1.82) is 0 Å². The lowest BCUT2D eigenvalue weighted by Gasteiger charge is -2.41. The molecule has 5 nitrogen and oxygen atoms in total. The van der Waals surface area contributed by atoms with Crippen LogP contribution in [0.15, 0.2) is 30.3 Å². The van der Waals surface area contributed by atoms with Gasteiger partial charge in [0.25, 0.3) is 5.91 Å². The summed E-state index contributed by atoms with van der Waals surface area (Å²) < 4.78 is 5.83. The molecule has 1 unspecified atom stereocenters. The van der Waals surface area contributed by atoms with Gasteiger partial charge in [0.1, 0.15) is 6.10 Å². The average Bonchev–Trinajstić information content (AvgIpc) is 3.11. The molecule has 1 spiro atoms. The van der Waals surface area contributed by atoms with Gasteiger partial charge >= 0.3 is 0 Å². The summed E-state index contributed by atoms with van der Waals surface area (Å²) in [7, 11) is 0. The SMILES string of the molecule is Cl.Cl.O=C(C1CN(Cc2ccccc2)CCO1)N1CCC2(CCNC2)CC1. The monoisotopic (exact) mass is 415 g/mol. The Balaban J connectivity index is 0.00000131. The van der Waals surface area contributed by atoms with E-state index in [0.29, 0.717) is 18.6 Å². The Morgan fingerprint density at radius 3 is 2.52 bits per heavy atom. The van der Waals surface area contributed by atoms with E-state index in [2.05, 4.69) is 34.5 Å². The molecule has 3 heterocycles. The highest BCUT2D eigenvalue weighted by molar-refractivity contribution is 5.85. The van der Waals surface area contributed by atoms with Gasteiger partial charge in [-0.15, -0.1) is 24.8 Å². The Hall–Kier alpha value is -0.850. The van der Waals surface area contributed by atoms with E-state index in [4.69, 9.17) is 4.74 Å². The van der Waals surface area contributed by atoms with Crippen LogP contribution >= 0.6 is 24.8 Å². The van der Waals surface area contributed by atoms with Gasteiger partial charge in [0.15, 0.2) is 0 Å². The number of nitrogens with zero attached hydrogens (tertiary/aromatic N) is 2. The van der Waals surface area contributed by atoms with Crippen LogP contribution in [0.4, 0.5) is 0 Å². The van der Waals surface area contributed by atoms with Gasteiger partial charge in [-0.2, -0.15) is 0 Å². The largest absolute Gasteiger partial charge is 0.366 e. The summed E-state index contributed by atoms with van der Waals surface area (Å²) in [5, 5.41) is 3.48. The second-order valence-electron chi connectivity index (χ2n) is 7.83. The Labute approximate surface area is 174 Å². The summed E-state index contributed by atoms with van der Waals surface area (Å²) in [6.07, 6.45) is 3.23. The molecule has 0 bridgehead atoms. The lowest BCUT2D eigenvalue weighted by atomic mass is 9.78. The van der Waals surface area contributed by atoms with Crippen LogP contribution < -0.4 is 5.32 Å². The van der Waals surface area contributed by atoms with Crippen molar-refractivity contribution in [1.82, 2.24) is 15.1 Å². The summed E-state index contributed by atoms with van der Waals surface area (Å²) in [4.78, 5) is 17.3. The van der Waals surface area contributed by atoms with Crippen LogP contribution in [-0.4, -0.2) is 67.7 Å². The summed E-state index contributed by atoms with van der Waals surface area (Å²) in [5.74, 6) is 0.193. The number of hydrogen-bond donors (Lipinski definition) is 1. The number of hydrogen-bond acceptors (Lipinski definition) is 4. The molecule has 4 rings (SSSR count). The lowest BCUT2D eigenvalue weighted by molar-refractivity contribution is -0.151. The van der Waals surface area contributed by atoms with E-state index < -0.39 is 0 Å². The van der Waals surface area contributed by atoms with Gasteiger partial charge in [-0.25, -0.2) is 0 Å². The molecule has 0 aliphatic carbocycles. The van der Waals surface area contributed by atoms with Crippen LogP contribution in [0.1, 0.15) is 24.8 Å². The van der Waals surface area contributed by atoms with Crippen molar-refractivity contribution >= 4 is 30.7 Å². The Morgan fingerprint density at radius 1 is 1.11 bits per heavy atom. The van der Waals surface area contributed by atoms with E-state index in [9.17, 15) is 4.79 Å². The number of carbonyl (C=O) groups excluding carboxylic acids is 1. The van der Waals surface area contributed by atoms with Gasteiger partial charge in [-0.1, -0.05) is 30.3 Å². The van der Waals surface area contributed by atoms with E-state index >= 15 is 0 Å². The highest BCUT2D eigenvalue weighted by atomic mass is 35.5. The molecule has 1 N–H and O–H groups in total. The van der Waals surface area contributed by atoms with Crippen LogP contribution in [0, 0.1) is 5.41 Å². The van der Waals surface area contributed by atoms with Crippen molar-refractivity contribution in [2.45, 2.75) is 31.9 Å². The number of amides is 1. The first-order valence-corrected chi connectivity index (χ1v) is 9.62. The van der Waals surface area contributed by atoms with Crippen LogP contribution in [0.25, 0.3) is 0 Å². The average molecular weight is 416 g/mol. The first-order valence-electron chi connectivity index (χ1n) is 9.62. The van der Waals surface area contributed by atoms with E-state index in [0.717, 1.165) is 52.1 Å². The molecule has 0 saturated carbocycles. The van der Waals surface area contributed by atoms with Crippen molar-refractivity contribution in [3.63, 3.8) is 0 Å². The van der Waals surface area contributed by atoms with Crippen LogP contribution in [0.3, 0.4) is 0 Å². The normalized spacial score (nSPS) is 24.9. The smallest absolute Gasteiger partial charge is 0.253 e. The number of likely N-dealkylation sites (tertiary alicyclic amines) is 1. The number of nitrogens with one attached hydrogen (secondary N) is 1. The molecule has 3 saturated heterocycles. The third-order valence-corrected chi connectivity index (χ3v) is 6.14. The minimum Gasteiger partial charge on any atom is -0.366 e. The number of benzene rings is 1. The molecule has 1 aromatic rings. The predicted octanol–water partition coefficient (Wildman–Crippen LogP) is 2.33. The first kappa shape index (κ1) is 22.4. The second kappa shape index (κ2) is 10.1. The molecular weight excluding hydrogens is 385 g/mol. The fourth-order valence-corrected chi connectivity index (χ4v) is 4.46. The molecule has 152 valence electrons. The van der Waals surface area contributed by atoms with Crippen LogP contribution in [0.5, 0.6) is 0 Å². The predicted molar refractivity (Wildman–Crippen MR) is 112 cm³/mol. The van der Waals surface area contributed by atoms with Crippen molar-refractivity contribution in [3.05, 3.63) is 35.9 Å². The fraction of sp³-hybridized carbons (Fsp3) is 0.650. The highest BCUT2D eigenvalue weighted by Gasteiger charge is 2.40. The Morgan fingerprint density at radius 2 is 1.85 bits per heavy atom. The standard InChI is InChI=1S/C20H29N3O2.2ClH/c24-19(23-10-7-20(8-11-23)6-9-21-16-20)18-15-22(12-13-25-18)14-17-4-2-1-3-5-17;;/h1-5,18,21H,6-16H2;2*1H. The maximum Gasteiger partial charge on any atom is 0.253 e. The summed E-state index contributed by atoms with van der Waals surface area (Å²) in [5.41, 5.74) is 1.74. The molecule has 27 heavy (non-hydrogen) atoms. The lowest BCUT2D eigenvalue weighted by Crippen LogP contribution is -2.53. The van der Waals surface area contributed by atoms with Gasteiger partial charge in [0.2, 0.25) is 0 Å². The fourth-order valence-electron chi connectivity index (χ4n) is 4.46. The molecule has 1 atom stereocenters. The van der Waals surface area contributed by atoms with Gasteiger partial charge in [0.05, 0.1) is 6.61 Å². The molecule has 3 aliphatic heterocycles. The van der Waals surface area contributed by atoms with Crippen molar-refractivity contribution in [3.8, 4) is 0 Å². The number of carbonyl (C=O) groups is 1. The minimum absolute atomic E-state index is 0. The summed E-state index contributed by atoms with van der Waals surface area (Å²) in [6, 6.07) is 10.5. The number of ether oxygens (including phenoxy) is 1. The molecular formula is C20H31Cl2N3O2. The zero-order valence-electron chi connectivity index (χ0n) is 15.8. The van der Waals surface area contributed by atoms with Gasteiger partial charge in [-0.3, -0.25) is 9.69 Å².